The van der Waals surface area contributed by atoms with Crippen LogP contribution in [0.1, 0.15) is 11.1 Å². The molecular weight excluding hydrogens is 256 g/mol. The van der Waals surface area contributed by atoms with E-state index in [4.69, 9.17) is 17.3 Å². The minimum absolute atomic E-state index is 0.513. The summed E-state index contributed by atoms with van der Waals surface area (Å²) >= 11 is 5.82. The highest BCUT2D eigenvalue weighted by molar-refractivity contribution is 6.30. The Morgan fingerprint density at radius 3 is 2.42 bits per heavy atom. The minimum atomic E-state index is 0.513. The largest absolute Gasteiger partial charge is 0.384 e. The van der Waals surface area contributed by atoms with Crippen molar-refractivity contribution in [3.8, 4) is 0 Å². The summed E-state index contributed by atoms with van der Waals surface area (Å²) in [6, 6.07) is 17.6. The zero-order valence-electron chi connectivity index (χ0n) is 10.5. The molecule has 0 heterocycles. The molecule has 0 amide bonds. The van der Waals surface area contributed by atoms with Gasteiger partial charge in [-0.3, -0.25) is 4.99 Å². The van der Waals surface area contributed by atoms with Crippen molar-refractivity contribution in [2.45, 2.75) is 6.54 Å². The average molecular weight is 271 g/mol. The molecule has 0 atom stereocenters. The minimum Gasteiger partial charge on any atom is -0.384 e. The number of aliphatic imine (C=N–C) groups is 1. The molecule has 96 valence electrons. The van der Waals surface area contributed by atoms with Crippen LogP contribution in [-0.2, 0) is 6.54 Å². The Morgan fingerprint density at radius 1 is 1.05 bits per heavy atom. The van der Waals surface area contributed by atoms with Crippen LogP contribution in [0.15, 0.2) is 65.7 Å². The smallest absolute Gasteiger partial charge is 0.118 e. The number of halogens is 1. The Morgan fingerprint density at radius 2 is 1.74 bits per heavy atom. The molecule has 2 aromatic carbocycles. The van der Waals surface area contributed by atoms with Crippen LogP contribution in [0.3, 0.4) is 0 Å². The zero-order valence-corrected chi connectivity index (χ0v) is 11.2. The normalized spacial score (nSPS) is 11.9. The summed E-state index contributed by atoms with van der Waals surface area (Å²) in [6.07, 6.45) is 3.76. The van der Waals surface area contributed by atoms with Gasteiger partial charge in [-0.15, -0.1) is 0 Å². The van der Waals surface area contributed by atoms with Crippen molar-refractivity contribution in [3.05, 3.63) is 76.8 Å². The lowest BCUT2D eigenvalue weighted by atomic mass is 10.2. The van der Waals surface area contributed by atoms with Crippen LogP contribution in [0.25, 0.3) is 6.08 Å². The van der Waals surface area contributed by atoms with Crippen molar-refractivity contribution in [2.75, 3.05) is 0 Å². The summed E-state index contributed by atoms with van der Waals surface area (Å²) in [5.74, 6) is 0.513. The van der Waals surface area contributed by atoms with Crippen LogP contribution in [0.5, 0.6) is 0 Å². The fourth-order valence-corrected chi connectivity index (χ4v) is 1.70. The quantitative estimate of drug-likeness (QED) is 0.664. The van der Waals surface area contributed by atoms with Crippen LogP contribution >= 0.6 is 11.6 Å². The lowest BCUT2D eigenvalue weighted by Crippen LogP contribution is -2.07. The van der Waals surface area contributed by atoms with Gasteiger partial charge in [-0.2, -0.15) is 0 Å². The summed E-state index contributed by atoms with van der Waals surface area (Å²) in [4.78, 5) is 4.30. The van der Waals surface area contributed by atoms with Gasteiger partial charge < -0.3 is 5.73 Å². The van der Waals surface area contributed by atoms with Crippen molar-refractivity contribution < 1.29 is 0 Å². The first kappa shape index (κ1) is 13.4. The van der Waals surface area contributed by atoms with E-state index in [2.05, 4.69) is 4.99 Å². The third kappa shape index (κ3) is 4.60. The maximum Gasteiger partial charge on any atom is 0.118 e. The predicted molar refractivity (Wildman–Crippen MR) is 82.3 cm³/mol. The third-order valence-corrected chi connectivity index (χ3v) is 2.86. The molecule has 0 aliphatic heterocycles. The van der Waals surface area contributed by atoms with Crippen LogP contribution in [-0.4, -0.2) is 5.84 Å². The molecule has 2 aromatic rings. The monoisotopic (exact) mass is 270 g/mol. The molecule has 0 spiro atoms. The molecule has 0 unspecified atom stereocenters. The fraction of sp³-hybridized carbons (Fsp3) is 0.0625. The number of hydrogen-bond donors (Lipinski definition) is 1. The Balaban J connectivity index is 1.96. The number of hydrogen-bond acceptors (Lipinski definition) is 1. The second kappa shape index (κ2) is 6.76. The van der Waals surface area contributed by atoms with Gasteiger partial charge in [0.15, 0.2) is 0 Å². The van der Waals surface area contributed by atoms with Gasteiger partial charge in [-0.1, -0.05) is 60.1 Å². The molecule has 0 saturated heterocycles. The maximum atomic E-state index is 5.84. The van der Waals surface area contributed by atoms with E-state index in [1.165, 1.54) is 0 Å². The van der Waals surface area contributed by atoms with Gasteiger partial charge in [0, 0.05) is 5.02 Å². The molecule has 2 rings (SSSR count). The molecule has 0 saturated carbocycles. The van der Waals surface area contributed by atoms with E-state index in [0.717, 1.165) is 16.1 Å². The Bertz CT molecular complexity index is 571. The van der Waals surface area contributed by atoms with E-state index in [-0.39, 0.29) is 0 Å². The Kier molecular flexibility index (Phi) is 4.76. The summed E-state index contributed by atoms with van der Waals surface area (Å²) in [5.41, 5.74) is 8.02. The van der Waals surface area contributed by atoms with Crippen LogP contribution in [0.4, 0.5) is 0 Å². The third-order valence-electron chi connectivity index (χ3n) is 2.60. The summed E-state index contributed by atoms with van der Waals surface area (Å²) in [7, 11) is 0. The fourth-order valence-electron chi connectivity index (χ4n) is 1.57. The van der Waals surface area contributed by atoms with E-state index in [9.17, 15) is 0 Å². The van der Waals surface area contributed by atoms with Crippen molar-refractivity contribution in [2.24, 2.45) is 10.7 Å². The summed E-state index contributed by atoms with van der Waals surface area (Å²) in [5, 5.41) is 0.727. The van der Waals surface area contributed by atoms with Gasteiger partial charge in [0.05, 0.1) is 6.54 Å². The first-order chi connectivity index (χ1) is 9.24. The highest BCUT2D eigenvalue weighted by atomic mass is 35.5. The molecule has 0 bridgehead atoms. The van der Waals surface area contributed by atoms with Gasteiger partial charge in [0.2, 0.25) is 0 Å². The van der Waals surface area contributed by atoms with Crippen LogP contribution < -0.4 is 5.73 Å². The standard InChI is InChI=1S/C16H15ClN2/c17-15-9-6-14(7-10-15)12-19-16(18)11-8-13-4-2-1-3-5-13/h1-11H,12H2,(H2,18,19)/b11-8+. The summed E-state index contributed by atoms with van der Waals surface area (Å²) < 4.78 is 0. The molecule has 2 N–H and O–H groups in total. The molecule has 2 nitrogen and oxygen atoms in total. The van der Waals surface area contributed by atoms with E-state index in [0.29, 0.717) is 12.4 Å². The predicted octanol–water partition coefficient (Wildman–Crippen LogP) is 3.91. The average Bonchev–Trinajstić information content (AvgIpc) is 2.45. The first-order valence-electron chi connectivity index (χ1n) is 6.01. The zero-order chi connectivity index (χ0) is 13.5. The summed E-state index contributed by atoms with van der Waals surface area (Å²) in [6.45, 7) is 0.558. The number of amidine groups is 1. The van der Waals surface area contributed by atoms with Gasteiger partial charge in [0.1, 0.15) is 5.84 Å². The second-order valence-electron chi connectivity index (χ2n) is 4.11. The van der Waals surface area contributed by atoms with Crippen LogP contribution in [0.2, 0.25) is 5.02 Å². The Labute approximate surface area is 118 Å². The van der Waals surface area contributed by atoms with Crippen molar-refractivity contribution in [3.63, 3.8) is 0 Å². The van der Waals surface area contributed by atoms with Gasteiger partial charge in [-0.25, -0.2) is 0 Å². The highest BCUT2D eigenvalue weighted by Gasteiger charge is 1.92. The van der Waals surface area contributed by atoms with E-state index in [1.54, 1.807) is 0 Å². The number of rotatable bonds is 4. The molecule has 0 radical (unpaired) electrons. The molecule has 19 heavy (non-hydrogen) atoms. The van der Waals surface area contributed by atoms with Gasteiger partial charge >= 0.3 is 0 Å². The lowest BCUT2D eigenvalue weighted by Gasteiger charge is -1.98. The lowest BCUT2D eigenvalue weighted by molar-refractivity contribution is 1.06. The molecule has 0 aliphatic carbocycles. The molecular formula is C16H15ClN2. The van der Waals surface area contributed by atoms with Crippen molar-refractivity contribution in [1.82, 2.24) is 0 Å². The number of nitrogens with zero attached hydrogens (tertiary/aromatic N) is 1. The molecule has 0 fully saturated rings. The highest BCUT2D eigenvalue weighted by Crippen LogP contribution is 2.10. The van der Waals surface area contributed by atoms with Crippen LogP contribution in [0, 0.1) is 0 Å². The van der Waals surface area contributed by atoms with Crippen molar-refractivity contribution >= 4 is 23.5 Å². The van der Waals surface area contributed by atoms with Gasteiger partial charge in [-0.05, 0) is 29.3 Å². The van der Waals surface area contributed by atoms with Crippen molar-refractivity contribution in [1.29, 1.82) is 0 Å². The number of nitrogens with two attached hydrogens (primary N) is 1. The van der Waals surface area contributed by atoms with Gasteiger partial charge in [0.25, 0.3) is 0 Å². The topological polar surface area (TPSA) is 38.4 Å². The SMILES string of the molecule is NC(/C=C/c1ccccc1)=NCc1ccc(Cl)cc1. The van der Waals surface area contributed by atoms with E-state index < -0.39 is 0 Å². The molecule has 3 heteroatoms. The van der Waals surface area contributed by atoms with E-state index in [1.807, 2.05) is 66.7 Å². The second-order valence-corrected chi connectivity index (χ2v) is 4.55. The maximum absolute atomic E-state index is 5.84. The number of benzene rings is 2. The molecule has 0 aliphatic rings. The Hall–Kier alpha value is -2.06. The first-order valence-corrected chi connectivity index (χ1v) is 6.39. The van der Waals surface area contributed by atoms with E-state index >= 15 is 0 Å². The molecule has 0 aromatic heterocycles.